The standard InChI is InChI=1S/C59H39NO.C55H37NS/c1-4-17-40(18-5-1)43-22-14-26-47(37-43)60(48-27-15-23-44(38-48)41-19-6-2-7-20-41)54-31-16-32-55-57(54)52-36-34-46(39-56(52)61-55)59(45-24-8-3-9-25-45)53-30-13-12-29-50(53)51-35-33-42-21-10-11-28-49(42)58(51)59;1-4-15-38(16-5-1)40-27-30-44(31-28-40)56(45-22-14-19-41(35-45)39-17-6-2-7-18-39)46-32-34-53-50(37-46)49-33-29-43(36-54(49)57-53)55(42-20-8-3-9-21-42)51-25-12-10-23-47(51)48-24-11-13-26-52(48)55/h1-39H;1-37H. The van der Waals surface area contributed by atoms with Gasteiger partial charge in [-0.1, -0.05) is 370 Å². The Hall–Kier alpha value is -14.9. The molecule has 0 N–H and O–H groups in total. The summed E-state index contributed by atoms with van der Waals surface area (Å²) in [6, 6.07) is 168. The minimum atomic E-state index is -0.578. The van der Waals surface area contributed by atoms with E-state index in [2.05, 4.69) is 471 Å². The Morgan fingerprint density at radius 1 is 0.212 bits per heavy atom. The molecule has 2 aliphatic carbocycles. The maximum atomic E-state index is 7.02. The molecule has 554 valence electrons. The molecule has 0 radical (unpaired) electrons. The minimum absolute atomic E-state index is 0.420. The maximum absolute atomic E-state index is 7.02. The van der Waals surface area contributed by atoms with Crippen LogP contribution in [0.5, 0.6) is 0 Å². The van der Waals surface area contributed by atoms with Gasteiger partial charge in [-0.2, -0.15) is 0 Å². The number of hydrogen-bond donors (Lipinski definition) is 0. The summed E-state index contributed by atoms with van der Waals surface area (Å²) in [6.45, 7) is 0. The van der Waals surface area contributed by atoms with Crippen molar-refractivity contribution < 1.29 is 4.42 Å². The summed E-state index contributed by atoms with van der Waals surface area (Å²) in [5.74, 6) is 0. The first-order chi connectivity index (χ1) is 58.5. The molecular formula is C114H76N2OS. The topological polar surface area (TPSA) is 19.6 Å². The van der Waals surface area contributed by atoms with E-state index in [-0.39, 0.29) is 0 Å². The lowest BCUT2D eigenvalue weighted by atomic mass is 9.66. The highest BCUT2D eigenvalue weighted by Gasteiger charge is 2.48. The number of fused-ring (bicyclic) bond motifs is 14. The van der Waals surface area contributed by atoms with Crippen LogP contribution in [-0.2, 0) is 10.8 Å². The van der Waals surface area contributed by atoms with Crippen molar-refractivity contribution in [2.75, 3.05) is 9.80 Å². The Balaban J connectivity index is 0.000000143. The Kier molecular flexibility index (Phi) is 17.2. The van der Waals surface area contributed by atoms with Crippen LogP contribution in [0.1, 0.15) is 44.5 Å². The molecule has 0 bridgehead atoms. The van der Waals surface area contributed by atoms with Gasteiger partial charge in [0, 0.05) is 54.0 Å². The summed E-state index contributed by atoms with van der Waals surface area (Å²) in [5.41, 5.74) is 32.2. The third-order valence-corrected chi connectivity index (χ3v) is 25.6. The fraction of sp³-hybridized carbons (Fsp3) is 0.0175. The smallest absolute Gasteiger partial charge is 0.137 e. The van der Waals surface area contributed by atoms with Crippen molar-refractivity contribution in [1.29, 1.82) is 0 Å². The van der Waals surface area contributed by atoms with Gasteiger partial charge in [-0.3, -0.25) is 0 Å². The van der Waals surface area contributed by atoms with E-state index in [9.17, 15) is 0 Å². The van der Waals surface area contributed by atoms with Gasteiger partial charge in [0.15, 0.2) is 0 Å². The Morgan fingerprint density at radius 2 is 0.636 bits per heavy atom. The van der Waals surface area contributed by atoms with Crippen LogP contribution in [0, 0.1) is 0 Å². The van der Waals surface area contributed by atoms with Gasteiger partial charge >= 0.3 is 0 Å². The van der Waals surface area contributed by atoms with E-state index in [0.29, 0.717) is 0 Å². The fourth-order valence-electron chi connectivity index (χ4n) is 19.3. The SMILES string of the molecule is c1ccc(-c2ccc(N(c3cccc(-c4ccccc4)c3)c3ccc4sc5cc(C6(c7ccccc7)c7ccccc7-c7ccccc76)ccc5c4c3)cc2)cc1.c1ccc(-c2cccc(N(c3cccc(-c4ccccc4)c3)c3cccc4oc5cc(C6(c7ccccc7)c7ccccc7-c7ccc8ccccc8c76)ccc5c34)c2)cc1. The lowest BCUT2D eigenvalue weighted by Crippen LogP contribution is -2.28. The van der Waals surface area contributed by atoms with Gasteiger partial charge < -0.3 is 14.2 Å². The lowest BCUT2D eigenvalue weighted by Gasteiger charge is -2.34. The highest BCUT2D eigenvalue weighted by Crippen LogP contribution is 2.60. The zero-order valence-electron chi connectivity index (χ0n) is 64.6. The van der Waals surface area contributed by atoms with Crippen LogP contribution in [0.25, 0.3) is 120 Å². The molecule has 0 amide bonds. The number of hydrogen-bond acceptors (Lipinski definition) is 4. The van der Waals surface area contributed by atoms with E-state index in [4.69, 9.17) is 4.42 Å². The molecule has 118 heavy (non-hydrogen) atoms. The fourth-order valence-corrected chi connectivity index (χ4v) is 20.4. The van der Waals surface area contributed by atoms with E-state index in [1.807, 2.05) is 11.3 Å². The van der Waals surface area contributed by atoms with Crippen LogP contribution in [0.15, 0.2) is 465 Å². The van der Waals surface area contributed by atoms with Gasteiger partial charge in [0.2, 0.25) is 0 Å². The van der Waals surface area contributed by atoms with E-state index in [0.717, 1.165) is 67.2 Å². The molecule has 0 saturated heterocycles. The average molecular weight is 1520 g/mol. The third-order valence-electron chi connectivity index (χ3n) is 24.5. The van der Waals surface area contributed by atoms with Crippen molar-refractivity contribution in [2.45, 2.75) is 10.8 Å². The summed E-state index contributed by atoms with van der Waals surface area (Å²) in [6.07, 6.45) is 0. The average Bonchev–Trinajstić information content (AvgIpc) is 1.52. The van der Waals surface area contributed by atoms with Crippen LogP contribution in [0.4, 0.5) is 34.1 Å². The Labute approximate surface area is 690 Å². The summed E-state index contributed by atoms with van der Waals surface area (Å²) >= 11 is 1.88. The van der Waals surface area contributed by atoms with Gasteiger partial charge in [-0.15, -0.1) is 11.3 Å². The van der Waals surface area contributed by atoms with Gasteiger partial charge in [0.05, 0.1) is 21.9 Å². The molecule has 0 saturated carbocycles. The van der Waals surface area contributed by atoms with Crippen molar-refractivity contribution in [3.63, 3.8) is 0 Å². The van der Waals surface area contributed by atoms with Crippen LogP contribution in [-0.4, -0.2) is 0 Å². The molecule has 0 spiro atoms. The predicted octanol–water partition coefficient (Wildman–Crippen LogP) is 31.1. The molecule has 2 aliphatic rings. The van der Waals surface area contributed by atoms with Crippen LogP contribution >= 0.6 is 11.3 Å². The second kappa shape index (κ2) is 29.2. The predicted molar refractivity (Wildman–Crippen MR) is 496 cm³/mol. The number of benzene rings is 19. The van der Waals surface area contributed by atoms with Crippen molar-refractivity contribution in [1.82, 2.24) is 0 Å². The molecule has 1 unspecified atom stereocenters. The highest BCUT2D eigenvalue weighted by molar-refractivity contribution is 7.25. The molecule has 2 heterocycles. The van der Waals surface area contributed by atoms with Crippen LogP contribution < -0.4 is 9.80 Å². The highest BCUT2D eigenvalue weighted by atomic mass is 32.1. The summed E-state index contributed by atoms with van der Waals surface area (Å²) in [5, 5.41) is 7.19. The first kappa shape index (κ1) is 69.7. The van der Waals surface area contributed by atoms with Crippen LogP contribution in [0.2, 0.25) is 0 Å². The summed E-state index contributed by atoms with van der Waals surface area (Å²) in [7, 11) is 0. The number of thiophene rings is 1. The zero-order valence-corrected chi connectivity index (χ0v) is 65.4. The molecule has 0 fully saturated rings. The van der Waals surface area contributed by atoms with Gasteiger partial charge in [0.25, 0.3) is 0 Å². The number of furan rings is 1. The van der Waals surface area contributed by atoms with E-state index < -0.39 is 10.8 Å². The van der Waals surface area contributed by atoms with Gasteiger partial charge in [0.1, 0.15) is 11.2 Å². The molecule has 0 aliphatic heterocycles. The van der Waals surface area contributed by atoms with Crippen molar-refractivity contribution >= 4 is 98.3 Å². The molecule has 3 nitrogen and oxygen atoms in total. The molecule has 4 heteroatoms. The van der Waals surface area contributed by atoms with Gasteiger partial charge in [-0.25, -0.2) is 0 Å². The molecule has 1 atom stereocenters. The van der Waals surface area contributed by atoms with E-state index in [1.54, 1.807) is 0 Å². The van der Waals surface area contributed by atoms with Crippen molar-refractivity contribution in [2.24, 2.45) is 0 Å². The Morgan fingerprint density at radius 3 is 1.20 bits per heavy atom. The number of rotatable bonds is 14. The van der Waals surface area contributed by atoms with E-state index >= 15 is 0 Å². The zero-order chi connectivity index (χ0) is 78.1. The number of nitrogens with zero attached hydrogens (tertiary/aromatic N) is 2. The summed E-state index contributed by atoms with van der Waals surface area (Å²) in [4.78, 5) is 4.79. The monoisotopic (exact) mass is 1520 g/mol. The summed E-state index contributed by atoms with van der Waals surface area (Å²) < 4.78 is 9.59. The first-order valence-electron chi connectivity index (χ1n) is 40.6. The second-order valence-corrected chi connectivity index (χ2v) is 32.0. The van der Waals surface area contributed by atoms with Crippen LogP contribution in [0.3, 0.4) is 0 Å². The molecule has 21 aromatic rings. The Bertz CT molecular complexity index is 7230. The first-order valence-corrected chi connectivity index (χ1v) is 41.4. The maximum Gasteiger partial charge on any atom is 0.137 e. The molecule has 2 aromatic heterocycles. The molecule has 23 rings (SSSR count). The van der Waals surface area contributed by atoms with Crippen molar-refractivity contribution in [3.05, 3.63) is 506 Å². The molecule has 19 aromatic carbocycles. The van der Waals surface area contributed by atoms with E-state index in [1.165, 1.54) is 131 Å². The molecular weight excluding hydrogens is 1450 g/mol. The second-order valence-electron chi connectivity index (χ2n) is 30.9. The normalized spacial score (nSPS) is 13.5. The third kappa shape index (κ3) is 11.6. The number of anilines is 6. The van der Waals surface area contributed by atoms with Crippen molar-refractivity contribution in [3.8, 4) is 66.8 Å². The van der Waals surface area contributed by atoms with Gasteiger partial charge in [-0.05, 0) is 213 Å². The largest absolute Gasteiger partial charge is 0.456 e. The lowest BCUT2D eigenvalue weighted by molar-refractivity contribution is 0.666. The quantitative estimate of drug-likeness (QED) is 0.108. The minimum Gasteiger partial charge on any atom is -0.456 e.